The van der Waals surface area contributed by atoms with Crippen molar-refractivity contribution in [1.82, 2.24) is 19.8 Å². The first-order chi connectivity index (χ1) is 14.5. The maximum absolute atomic E-state index is 13.1. The zero-order valence-electron chi connectivity index (χ0n) is 17.3. The number of amides is 1. The van der Waals surface area contributed by atoms with E-state index < -0.39 is 6.04 Å². The first kappa shape index (κ1) is 20.1. The molecule has 1 aliphatic heterocycles. The van der Waals surface area contributed by atoms with Crippen molar-refractivity contribution in [3.63, 3.8) is 0 Å². The monoisotopic (exact) mass is 410 g/mol. The minimum absolute atomic E-state index is 0.0832. The smallest absolute Gasteiger partial charge is 0.268 e. The van der Waals surface area contributed by atoms with E-state index in [0.717, 1.165) is 38.8 Å². The van der Waals surface area contributed by atoms with Gasteiger partial charge in [-0.3, -0.25) is 9.59 Å². The Bertz CT molecular complexity index is 1060. The van der Waals surface area contributed by atoms with Crippen LogP contribution in [0.3, 0.4) is 0 Å². The third kappa shape index (κ3) is 4.08. The van der Waals surface area contributed by atoms with Crippen LogP contribution in [-0.2, 0) is 4.79 Å². The Morgan fingerprint density at radius 3 is 2.47 bits per heavy atom. The molecule has 8 nitrogen and oxygen atoms in total. The molecule has 4 rings (SSSR count). The molecule has 30 heavy (non-hydrogen) atoms. The van der Waals surface area contributed by atoms with E-state index in [1.807, 2.05) is 4.90 Å². The zero-order valence-corrected chi connectivity index (χ0v) is 17.3. The largest absolute Gasteiger partial charge is 0.463 e. The van der Waals surface area contributed by atoms with Crippen LogP contribution in [-0.4, -0.2) is 38.8 Å². The molecule has 3 aromatic heterocycles. The number of carbonyl (C=O) groups excluding carboxylic acids is 1. The summed E-state index contributed by atoms with van der Waals surface area (Å²) in [6, 6.07) is 5.96. The predicted molar refractivity (Wildman–Crippen MR) is 111 cm³/mol. The third-order valence-corrected chi connectivity index (χ3v) is 5.50. The summed E-state index contributed by atoms with van der Waals surface area (Å²) in [5, 5.41) is 8.44. The van der Waals surface area contributed by atoms with Crippen molar-refractivity contribution in [1.29, 1.82) is 0 Å². The van der Waals surface area contributed by atoms with E-state index in [4.69, 9.17) is 8.94 Å². The fraction of sp³-hybridized carbons (Fsp3) is 0.455. The summed E-state index contributed by atoms with van der Waals surface area (Å²) in [5.41, 5.74) is 1.24. The molecule has 1 fully saturated rings. The highest BCUT2D eigenvalue weighted by atomic mass is 16.5. The van der Waals surface area contributed by atoms with Crippen LogP contribution in [0.2, 0.25) is 0 Å². The Hall–Kier alpha value is -3.16. The van der Waals surface area contributed by atoms with Crippen LogP contribution in [0.5, 0.6) is 0 Å². The number of nitrogens with zero attached hydrogens (tertiary/aromatic N) is 4. The number of rotatable bonds is 4. The lowest BCUT2D eigenvalue weighted by Gasteiger charge is -2.28. The van der Waals surface area contributed by atoms with Crippen LogP contribution in [0.15, 0.2) is 44.3 Å². The highest BCUT2D eigenvalue weighted by molar-refractivity contribution is 5.80. The summed E-state index contributed by atoms with van der Waals surface area (Å²) >= 11 is 0. The summed E-state index contributed by atoms with van der Waals surface area (Å²) in [7, 11) is 0. The van der Waals surface area contributed by atoms with Crippen LogP contribution in [0.4, 0.5) is 0 Å². The van der Waals surface area contributed by atoms with E-state index in [9.17, 15) is 9.59 Å². The van der Waals surface area contributed by atoms with E-state index in [1.54, 1.807) is 32.0 Å². The van der Waals surface area contributed by atoms with Crippen molar-refractivity contribution in [2.75, 3.05) is 13.1 Å². The lowest BCUT2D eigenvalue weighted by atomic mass is 10.1. The molecule has 1 atom stereocenters. The van der Waals surface area contributed by atoms with E-state index in [1.165, 1.54) is 23.4 Å². The van der Waals surface area contributed by atoms with E-state index in [-0.39, 0.29) is 11.5 Å². The van der Waals surface area contributed by atoms with Crippen molar-refractivity contribution in [3.8, 4) is 22.8 Å². The average molecular weight is 410 g/mol. The van der Waals surface area contributed by atoms with Gasteiger partial charge >= 0.3 is 0 Å². The van der Waals surface area contributed by atoms with Crippen molar-refractivity contribution in [2.24, 2.45) is 0 Å². The summed E-state index contributed by atoms with van der Waals surface area (Å²) in [6.45, 7) is 4.97. The lowest BCUT2D eigenvalue weighted by molar-refractivity contribution is -0.135. The van der Waals surface area contributed by atoms with Gasteiger partial charge in [0.1, 0.15) is 11.7 Å². The molecule has 158 valence electrons. The average Bonchev–Trinajstić information content (AvgIpc) is 3.38. The molecule has 1 aliphatic rings. The SMILES string of the molecule is Cc1cc(-c2cc(=O)n(C(C)C(=O)N3CCCCCCC3)nc2-c2ccco2)on1. The van der Waals surface area contributed by atoms with Gasteiger partial charge in [0.2, 0.25) is 5.91 Å². The molecular formula is C22H26N4O4. The Labute approximate surface area is 174 Å². The molecular weight excluding hydrogens is 384 g/mol. The number of aryl methyl sites for hydroxylation is 1. The van der Waals surface area contributed by atoms with Crippen LogP contribution < -0.4 is 5.56 Å². The maximum atomic E-state index is 13.1. The Balaban J connectivity index is 1.72. The molecule has 1 unspecified atom stereocenters. The van der Waals surface area contributed by atoms with Crippen molar-refractivity contribution in [3.05, 3.63) is 46.6 Å². The Morgan fingerprint density at radius 1 is 1.10 bits per heavy atom. The lowest BCUT2D eigenvalue weighted by Crippen LogP contribution is -2.41. The van der Waals surface area contributed by atoms with Crippen LogP contribution in [0, 0.1) is 6.92 Å². The van der Waals surface area contributed by atoms with Gasteiger partial charge in [-0.2, -0.15) is 5.10 Å². The molecule has 0 spiro atoms. The molecule has 1 saturated heterocycles. The first-order valence-corrected chi connectivity index (χ1v) is 10.4. The van der Waals surface area contributed by atoms with Crippen LogP contribution >= 0.6 is 0 Å². The van der Waals surface area contributed by atoms with Crippen molar-refractivity contribution >= 4 is 5.91 Å². The van der Waals surface area contributed by atoms with Gasteiger partial charge in [0.15, 0.2) is 11.5 Å². The minimum atomic E-state index is -0.712. The molecule has 0 radical (unpaired) electrons. The number of hydrogen-bond acceptors (Lipinski definition) is 6. The Kier molecular flexibility index (Phi) is 5.83. The van der Waals surface area contributed by atoms with Gasteiger partial charge in [0.05, 0.1) is 17.5 Å². The second kappa shape index (κ2) is 8.69. The minimum Gasteiger partial charge on any atom is -0.463 e. The van der Waals surface area contributed by atoms with Gasteiger partial charge in [-0.25, -0.2) is 4.68 Å². The van der Waals surface area contributed by atoms with Gasteiger partial charge in [-0.15, -0.1) is 0 Å². The standard InChI is InChI=1S/C22H26N4O4/c1-15-13-19(30-24-15)17-14-20(27)26(23-21(17)18-9-8-12-29-18)16(2)22(28)25-10-6-4-3-5-7-11-25/h8-9,12-14,16H,3-7,10-11H2,1-2H3. The zero-order chi connectivity index (χ0) is 21.1. The molecule has 8 heteroatoms. The van der Waals surface area contributed by atoms with Gasteiger partial charge in [-0.05, 0) is 38.8 Å². The number of furan rings is 1. The third-order valence-electron chi connectivity index (χ3n) is 5.50. The van der Waals surface area contributed by atoms with E-state index in [0.29, 0.717) is 28.5 Å². The van der Waals surface area contributed by atoms with Crippen molar-refractivity contribution in [2.45, 2.75) is 52.0 Å². The second-order valence-corrected chi connectivity index (χ2v) is 7.77. The Morgan fingerprint density at radius 2 is 1.83 bits per heavy atom. The fourth-order valence-corrected chi connectivity index (χ4v) is 3.86. The molecule has 4 heterocycles. The predicted octanol–water partition coefficient (Wildman–Crippen LogP) is 3.82. The normalized spacial score (nSPS) is 16.1. The quantitative estimate of drug-likeness (QED) is 0.649. The maximum Gasteiger partial charge on any atom is 0.268 e. The summed E-state index contributed by atoms with van der Waals surface area (Å²) < 4.78 is 12.1. The van der Waals surface area contributed by atoms with Gasteiger partial charge in [0, 0.05) is 25.2 Å². The highest BCUT2D eigenvalue weighted by Crippen LogP contribution is 2.30. The van der Waals surface area contributed by atoms with Gasteiger partial charge in [-0.1, -0.05) is 24.4 Å². The number of aromatic nitrogens is 3. The van der Waals surface area contributed by atoms with Crippen molar-refractivity contribution < 1.29 is 13.7 Å². The molecule has 0 saturated carbocycles. The van der Waals surface area contributed by atoms with E-state index >= 15 is 0 Å². The summed E-state index contributed by atoms with van der Waals surface area (Å²) in [6.07, 6.45) is 6.99. The van der Waals surface area contributed by atoms with Gasteiger partial charge in [0.25, 0.3) is 5.56 Å². The molecule has 0 N–H and O–H groups in total. The highest BCUT2D eigenvalue weighted by Gasteiger charge is 2.26. The van der Waals surface area contributed by atoms with E-state index in [2.05, 4.69) is 10.3 Å². The molecule has 1 amide bonds. The van der Waals surface area contributed by atoms with Gasteiger partial charge < -0.3 is 13.8 Å². The van der Waals surface area contributed by atoms with Crippen LogP contribution in [0.1, 0.15) is 50.8 Å². The first-order valence-electron chi connectivity index (χ1n) is 10.4. The molecule has 0 aliphatic carbocycles. The fourth-order valence-electron chi connectivity index (χ4n) is 3.86. The molecule has 3 aromatic rings. The summed E-state index contributed by atoms with van der Waals surface area (Å²) in [4.78, 5) is 27.9. The number of likely N-dealkylation sites (tertiary alicyclic amines) is 1. The summed E-state index contributed by atoms with van der Waals surface area (Å²) in [5.74, 6) is 0.831. The molecule has 0 bridgehead atoms. The second-order valence-electron chi connectivity index (χ2n) is 7.77. The van der Waals surface area contributed by atoms with Crippen LogP contribution in [0.25, 0.3) is 22.8 Å². The molecule has 0 aromatic carbocycles. The topological polar surface area (TPSA) is 94.4 Å². The number of hydrogen-bond donors (Lipinski definition) is 0. The number of carbonyl (C=O) groups is 1.